The first-order valence-corrected chi connectivity index (χ1v) is 8.11. The van der Waals surface area contributed by atoms with Crippen molar-refractivity contribution < 1.29 is 4.52 Å². The largest absolute Gasteiger partial charge is 0.338 e. The van der Waals surface area contributed by atoms with E-state index in [9.17, 15) is 0 Å². The topological polar surface area (TPSA) is 55.1 Å². The molecule has 1 aliphatic rings. The zero-order valence-corrected chi connectivity index (χ0v) is 13.3. The Labute approximate surface area is 135 Å². The van der Waals surface area contributed by atoms with Crippen molar-refractivity contribution in [3.05, 3.63) is 53.8 Å². The molecular weight excluding hydrogens is 288 g/mol. The highest BCUT2D eigenvalue weighted by atomic mass is 16.5. The lowest BCUT2D eigenvalue weighted by Crippen LogP contribution is -2.18. The third-order valence-electron chi connectivity index (χ3n) is 4.17. The monoisotopic (exact) mass is 308 g/mol. The maximum Gasteiger partial charge on any atom is 0.240 e. The van der Waals surface area contributed by atoms with Gasteiger partial charge in [-0.15, -0.1) is 0 Å². The molecule has 0 radical (unpaired) electrons. The molecule has 23 heavy (non-hydrogen) atoms. The van der Waals surface area contributed by atoms with Crippen molar-refractivity contribution in [1.29, 1.82) is 0 Å². The molecule has 5 heteroatoms. The molecule has 0 unspecified atom stereocenters. The minimum Gasteiger partial charge on any atom is -0.338 e. The molecule has 1 aliphatic carbocycles. The molecule has 0 N–H and O–H groups in total. The van der Waals surface area contributed by atoms with Gasteiger partial charge < -0.3 is 4.52 Å². The summed E-state index contributed by atoms with van der Waals surface area (Å²) in [4.78, 5) is 11.3. The smallest absolute Gasteiger partial charge is 0.240 e. The minimum atomic E-state index is 0.645. The highest BCUT2D eigenvalue weighted by molar-refractivity contribution is 5.78. The van der Waals surface area contributed by atoms with Crippen LogP contribution in [0.4, 0.5) is 0 Å². The molecule has 2 aromatic heterocycles. The van der Waals surface area contributed by atoms with E-state index in [2.05, 4.69) is 33.2 Å². The summed E-state index contributed by atoms with van der Waals surface area (Å²) in [5.74, 6) is 2.31. The second kappa shape index (κ2) is 6.08. The Bertz CT molecular complexity index is 809. The van der Waals surface area contributed by atoms with E-state index >= 15 is 0 Å². The van der Waals surface area contributed by atoms with Gasteiger partial charge in [0.15, 0.2) is 5.82 Å². The second-order valence-electron chi connectivity index (χ2n) is 6.42. The molecule has 1 fully saturated rings. The van der Waals surface area contributed by atoms with E-state index < -0.39 is 0 Å². The van der Waals surface area contributed by atoms with Gasteiger partial charge in [-0.2, -0.15) is 4.98 Å². The minimum absolute atomic E-state index is 0.645. The number of hydrogen-bond donors (Lipinski definition) is 0. The summed E-state index contributed by atoms with van der Waals surface area (Å²) in [6.07, 6.45) is 3.56. The molecule has 0 spiro atoms. The number of nitrogens with zero attached hydrogens (tertiary/aromatic N) is 4. The van der Waals surface area contributed by atoms with E-state index in [1.54, 1.807) is 0 Å². The third-order valence-corrected chi connectivity index (χ3v) is 4.17. The summed E-state index contributed by atoms with van der Waals surface area (Å²) >= 11 is 0. The van der Waals surface area contributed by atoms with Crippen LogP contribution in [0.2, 0.25) is 0 Å². The quantitative estimate of drug-likeness (QED) is 0.700. The lowest BCUT2D eigenvalue weighted by atomic mass is 10.2. The van der Waals surface area contributed by atoms with Crippen molar-refractivity contribution in [3.63, 3.8) is 0 Å². The van der Waals surface area contributed by atoms with E-state index in [-0.39, 0.29) is 0 Å². The van der Waals surface area contributed by atoms with Crippen molar-refractivity contribution in [2.75, 3.05) is 7.05 Å². The molecule has 5 nitrogen and oxygen atoms in total. The van der Waals surface area contributed by atoms with E-state index in [1.807, 2.05) is 25.2 Å². The zero-order chi connectivity index (χ0) is 15.6. The summed E-state index contributed by atoms with van der Waals surface area (Å²) in [5, 5.41) is 5.24. The first-order chi connectivity index (χ1) is 11.3. The predicted octanol–water partition coefficient (Wildman–Crippen LogP) is 3.20. The van der Waals surface area contributed by atoms with Gasteiger partial charge in [0.1, 0.15) is 0 Å². The molecule has 2 heterocycles. The molecule has 4 rings (SSSR count). The van der Waals surface area contributed by atoms with Crippen LogP contribution in [-0.2, 0) is 19.5 Å². The number of aromatic nitrogens is 3. The van der Waals surface area contributed by atoms with Crippen LogP contribution < -0.4 is 0 Å². The molecule has 0 saturated heterocycles. The van der Waals surface area contributed by atoms with E-state index in [0.717, 1.165) is 35.9 Å². The SMILES string of the molecule is CN(Cc1ccc2ccccc2n1)Cc1nc(CC2CC2)no1. The second-order valence-corrected chi connectivity index (χ2v) is 6.42. The fourth-order valence-electron chi connectivity index (χ4n) is 2.78. The highest BCUT2D eigenvalue weighted by Crippen LogP contribution is 2.31. The molecule has 0 amide bonds. The fourth-order valence-corrected chi connectivity index (χ4v) is 2.78. The summed E-state index contributed by atoms with van der Waals surface area (Å²) < 4.78 is 5.35. The standard InChI is InChI=1S/C18H20N4O/c1-22(12-18-20-17(21-23-18)10-13-6-7-13)11-15-9-8-14-4-2-3-5-16(14)19-15/h2-5,8-9,13H,6-7,10-12H2,1H3. The summed E-state index contributed by atoms with van der Waals surface area (Å²) in [6, 6.07) is 12.4. The van der Waals surface area contributed by atoms with Crippen molar-refractivity contribution in [2.24, 2.45) is 5.92 Å². The summed E-state index contributed by atoms with van der Waals surface area (Å²) in [7, 11) is 2.04. The Hall–Kier alpha value is -2.27. The first-order valence-electron chi connectivity index (χ1n) is 8.11. The number of hydrogen-bond acceptors (Lipinski definition) is 5. The van der Waals surface area contributed by atoms with Crippen molar-refractivity contribution in [1.82, 2.24) is 20.0 Å². The van der Waals surface area contributed by atoms with Crippen LogP contribution in [0.3, 0.4) is 0 Å². The maximum absolute atomic E-state index is 5.35. The Morgan fingerprint density at radius 1 is 1.09 bits per heavy atom. The number of rotatable bonds is 6. The van der Waals surface area contributed by atoms with Gasteiger partial charge in [0.2, 0.25) is 5.89 Å². The number of para-hydroxylation sites is 1. The van der Waals surface area contributed by atoms with Crippen LogP contribution in [0, 0.1) is 5.92 Å². The van der Waals surface area contributed by atoms with Crippen molar-refractivity contribution in [3.8, 4) is 0 Å². The van der Waals surface area contributed by atoms with Crippen LogP contribution in [0.5, 0.6) is 0 Å². The van der Waals surface area contributed by atoms with Crippen LogP contribution in [0.25, 0.3) is 10.9 Å². The predicted molar refractivity (Wildman–Crippen MR) is 87.6 cm³/mol. The van der Waals surface area contributed by atoms with Gasteiger partial charge in [0.25, 0.3) is 0 Å². The zero-order valence-electron chi connectivity index (χ0n) is 13.3. The maximum atomic E-state index is 5.35. The molecule has 1 aromatic carbocycles. The Kier molecular flexibility index (Phi) is 3.79. The normalized spacial score (nSPS) is 14.7. The molecule has 0 aliphatic heterocycles. The molecule has 3 aromatic rings. The summed E-state index contributed by atoms with van der Waals surface area (Å²) in [5.41, 5.74) is 2.08. The van der Waals surface area contributed by atoms with E-state index in [1.165, 1.54) is 18.2 Å². The van der Waals surface area contributed by atoms with Crippen LogP contribution in [-0.4, -0.2) is 27.1 Å². The molecule has 118 valence electrons. The first kappa shape index (κ1) is 14.3. The fraction of sp³-hybridized carbons (Fsp3) is 0.389. The van der Waals surface area contributed by atoms with Gasteiger partial charge in [-0.3, -0.25) is 9.88 Å². The van der Waals surface area contributed by atoms with Crippen molar-refractivity contribution >= 4 is 10.9 Å². The van der Waals surface area contributed by atoms with E-state index in [0.29, 0.717) is 12.4 Å². The van der Waals surface area contributed by atoms with Crippen LogP contribution in [0.1, 0.15) is 30.3 Å². The lowest BCUT2D eigenvalue weighted by Gasteiger charge is -2.13. The number of benzene rings is 1. The Morgan fingerprint density at radius 3 is 2.83 bits per heavy atom. The lowest BCUT2D eigenvalue weighted by molar-refractivity contribution is 0.258. The number of fused-ring (bicyclic) bond motifs is 1. The van der Waals surface area contributed by atoms with Gasteiger partial charge in [-0.1, -0.05) is 29.4 Å². The average molecular weight is 308 g/mol. The molecule has 1 saturated carbocycles. The van der Waals surface area contributed by atoms with Crippen molar-refractivity contribution in [2.45, 2.75) is 32.4 Å². The number of pyridine rings is 1. The third kappa shape index (κ3) is 3.56. The molecular formula is C18H20N4O. The molecule has 0 bridgehead atoms. The van der Waals surface area contributed by atoms with Gasteiger partial charge in [0.05, 0.1) is 17.8 Å². The van der Waals surface area contributed by atoms with Gasteiger partial charge in [-0.25, -0.2) is 0 Å². The van der Waals surface area contributed by atoms with Gasteiger partial charge >= 0.3 is 0 Å². The Balaban J connectivity index is 1.39. The van der Waals surface area contributed by atoms with Crippen LogP contribution in [0.15, 0.2) is 40.9 Å². The van der Waals surface area contributed by atoms with Crippen LogP contribution >= 0.6 is 0 Å². The van der Waals surface area contributed by atoms with Gasteiger partial charge in [0, 0.05) is 18.4 Å². The average Bonchev–Trinajstić information content (AvgIpc) is 3.26. The summed E-state index contributed by atoms with van der Waals surface area (Å²) in [6.45, 7) is 1.40. The van der Waals surface area contributed by atoms with E-state index in [4.69, 9.17) is 9.51 Å². The Morgan fingerprint density at radius 2 is 1.96 bits per heavy atom. The van der Waals surface area contributed by atoms with Gasteiger partial charge in [-0.05, 0) is 37.9 Å². The highest BCUT2D eigenvalue weighted by Gasteiger charge is 2.24. The molecule has 0 atom stereocenters.